The summed E-state index contributed by atoms with van der Waals surface area (Å²) in [6.45, 7) is 7.95. The van der Waals surface area contributed by atoms with Gasteiger partial charge in [0, 0.05) is 12.6 Å². The molecule has 2 amide bonds. The Labute approximate surface area is 237 Å². The largest absolute Gasteiger partial charge is 0.466 e. The van der Waals surface area contributed by atoms with Crippen LogP contribution in [0.5, 0.6) is 0 Å². The number of hydrogen-bond acceptors (Lipinski definition) is 6. The Morgan fingerprint density at radius 3 is 2.55 bits per heavy atom. The van der Waals surface area contributed by atoms with E-state index in [0.29, 0.717) is 32.2 Å². The van der Waals surface area contributed by atoms with E-state index in [0.717, 1.165) is 37.7 Å². The molecule has 5 rings (SSSR count). The van der Waals surface area contributed by atoms with E-state index >= 15 is 0 Å². The van der Waals surface area contributed by atoms with E-state index in [1.807, 2.05) is 42.2 Å². The van der Waals surface area contributed by atoms with E-state index in [4.69, 9.17) is 9.47 Å². The molecule has 218 valence electrons. The standard InChI is InChI=1S/C32H44N2O6/c1-4-19-33(23-15-11-8-12-16-23)29(37)27-32-18-17-31(5-2,40-32)26(30(38)39-6-3)25(32)28(36)34(27)24(21-35)20-22-13-9-7-10-14-22/h4,7,9-10,13-14,23-27,35H,1,5-6,8,11-12,15-21H2,2-3H3/t24-,25+,26+,27?,31-,32?/m1/s1. The Morgan fingerprint density at radius 1 is 1.20 bits per heavy atom. The number of carbonyl (C=O) groups is 3. The molecule has 1 aromatic rings. The number of aliphatic hydroxyl groups excluding tert-OH is 1. The van der Waals surface area contributed by atoms with E-state index in [9.17, 15) is 19.5 Å². The number of rotatable bonds is 11. The monoisotopic (exact) mass is 552 g/mol. The molecule has 8 heteroatoms. The minimum absolute atomic E-state index is 0.0629. The van der Waals surface area contributed by atoms with Gasteiger partial charge in [0.15, 0.2) is 0 Å². The van der Waals surface area contributed by atoms with Crippen molar-refractivity contribution < 1.29 is 29.0 Å². The number of esters is 1. The Bertz CT molecular complexity index is 1100. The van der Waals surface area contributed by atoms with Crippen LogP contribution in [-0.4, -0.2) is 81.8 Å². The van der Waals surface area contributed by atoms with Gasteiger partial charge in [-0.2, -0.15) is 0 Å². The maximum atomic E-state index is 14.8. The van der Waals surface area contributed by atoms with Gasteiger partial charge in [0.1, 0.15) is 17.6 Å². The highest BCUT2D eigenvalue weighted by Crippen LogP contribution is 2.65. The third-order valence-corrected chi connectivity index (χ3v) is 9.94. The van der Waals surface area contributed by atoms with Crippen LogP contribution in [0.3, 0.4) is 0 Å². The fraction of sp³-hybridized carbons (Fsp3) is 0.656. The van der Waals surface area contributed by atoms with Crippen molar-refractivity contribution in [2.75, 3.05) is 19.8 Å². The number of ether oxygens (including phenoxy) is 2. The first-order chi connectivity index (χ1) is 19.4. The molecule has 40 heavy (non-hydrogen) atoms. The quantitative estimate of drug-likeness (QED) is 0.333. The van der Waals surface area contributed by atoms with Crippen molar-refractivity contribution in [3.05, 3.63) is 48.6 Å². The summed E-state index contributed by atoms with van der Waals surface area (Å²) in [6.07, 6.45) is 8.87. The van der Waals surface area contributed by atoms with E-state index in [2.05, 4.69) is 6.58 Å². The summed E-state index contributed by atoms with van der Waals surface area (Å²) in [5.41, 5.74) is -1.01. The molecule has 4 aliphatic rings. The molecular weight excluding hydrogens is 508 g/mol. The lowest BCUT2D eigenvalue weighted by Crippen LogP contribution is -2.60. The number of likely N-dealkylation sites (tertiary alicyclic amines) is 1. The molecule has 6 atom stereocenters. The van der Waals surface area contributed by atoms with Crippen molar-refractivity contribution in [1.29, 1.82) is 0 Å². The van der Waals surface area contributed by atoms with E-state index < -0.39 is 41.1 Å². The molecule has 1 spiro atoms. The Kier molecular flexibility index (Phi) is 8.39. The summed E-state index contributed by atoms with van der Waals surface area (Å²) in [5.74, 6) is -2.49. The molecule has 3 aliphatic heterocycles. The lowest BCUT2D eigenvalue weighted by Gasteiger charge is -2.42. The number of carbonyl (C=O) groups excluding carboxylic acids is 3. The summed E-state index contributed by atoms with van der Waals surface area (Å²) in [6, 6.07) is 8.19. The van der Waals surface area contributed by atoms with Crippen molar-refractivity contribution in [1.82, 2.24) is 9.80 Å². The molecule has 2 bridgehead atoms. The lowest BCUT2D eigenvalue weighted by atomic mass is 9.65. The molecule has 4 fully saturated rings. The van der Waals surface area contributed by atoms with Crippen LogP contribution in [0.25, 0.3) is 0 Å². The Hall–Kier alpha value is -2.71. The van der Waals surface area contributed by atoms with Crippen molar-refractivity contribution >= 4 is 17.8 Å². The molecule has 0 aromatic heterocycles. The van der Waals surface area contributed by atoms with E-state index in [-0.39, 0.29) is 31.1 Å². The normalized spacial score (nSPS) is 32.1. The van der Waals surface area contributed by atoms with Crippen LogP contribution in [0, 0.1) is 11.8 Å². The van der Waals surface area contributed by atoms with Gasteiger partial charge in [-0.25, -0.2) is 0 Å². The van der Waals surface area contributed by atoms with Gasteiger partial charge in [-0.3, -0.25) is 14.4 Å². The molecule has 1 aromatic carbocycles. The topological polar surface area (TPSA) is 96.4 Å². The lowest BCUT2D eigenvalue weighted by molar-refractivity contribution is -0.164. The number of benzene rings is 1. The average Bonchev–Trinajstić information content (AvgIpc) is 3.59. The third-order valence-electron chi connectivity index (χ3n) is 9.94. The summed E-state index contributed by atoms with van der Waals surface area (Å²) in [4.78, 5) is 46.3. The van der Waals surface area contributed by atoms with Gasteiger partial charge in [-0.15, -0.1) is 6.58 Å². The number of amides is 2. The minimum atomic E-state index is -1.14. The fourth-order valence-electron chi connectivity index (χ4n) is 8.16. The van der Waals surface area contributed by atoms with Gasteiger partial charge < -0.3 is 24.4 Å². The van der Waals surface area contributed by atoms with E-state index in [1.165, 1.54) is 0 Å². The fourth-order valence-corrected chi connectivity index (χ4v) is 8.16. The first kappa shape index (κ1) is 28.8. The van der Waals surface area contributed by atoms with Crippen molar-refractivity contribution in [2.45, 2.75) is 101 Å². The first-order valence-electron chi connectivity index (χ1n) is 15.1. The molecule has 3 saturated heterocycles. The zero-order valence-electron chi connectivity index (χ0n) is 23.9. The number of fused-ring (bicyclic) bond motifs is 1. The van der Waals surface area contributed by atoms with Crippen LogP contribution in [0.15, 0.2) is 43.0 Å². The molecule has 1 saturated carbocycles. The summed E-state index contributed by atoms with van der Waals surface area (Å²) >= 11 is 0. The SMILES string of the molecule is C=CCN(C(=O)C1N([C@@H](CO)Cc2ccccc2)C(=O)[C@@H]2[C@@H](C(=O)OCC)[C@@]3(CC)CCC12O3)C1CCCCC1. The molecule has 1 N–H and O–H groups in total. The van der Waals surface area contributed by atoms with Gasteiger partial charge in [0.2, 0.25) is 11.8 Å². The highest BCUT2D eigenvalue weighted by molar-refractivity contribution is 5.99. The van der Waals surface area contributed by atoms with Gasteiger partial charge in [-0.05, 0) is 51.0 Å². The first-order valence-corrected chi connectivity index (χ1v) is 15.1. The summed E-state index contributed by atoms with van der Waals surface area (Å²) in [5, 5.41) is 10.7. The molecule has 2 unspecified atom stereocenters. The summed E-state index contributed by atoms with van der Waals surface area (Å²) < 4.78 is 12.4. The predicted octanol–water partition coefficient (Wildman–Crippen LogP) is 3.66. The van der Waals surface area contributed by atoms with Gasteiger partial charge in [0.05, 0.1) is 30.8 Å². The van der Waals surface area contributed by atoms with Crippen molar-refractivity contribution in [2.24, 2.45) is 11.8 Å². The minimum Gasteiger partial charge on any atom is -0.466 e. The Balaban J connectivity index is 1.60. The second-order valence-electron chi connectivity index (χ2n) is 11.9. The van der Waals surface area contributed by atoms with Crippen molar-refractivity contribution in [3.8, 4) is 0 Å². The van der Waals surface area contributed by atoms with Gasteiger partial charge in [0.25, 0.3) is 0 Å². The predicted molar refractivity (Wildman–Crippen MR) is 150 cm³/mol. The van der Waals surface area contributed by atoms with E-state index in [1.54, 1.807) is 17.9 Å². The number of hydrogen-bond donors (Lipinski definition) is 1. The van der Waals surface area contributed by atoms with Gasteiger partial charge >= 0.3 is 5.97 Å². The van der Waals surface area contributed by atoms with Crippen LogP contribution in [0.4, 0.5) is 0 Å². The van der Waals surface area contributed by atoms with Crippen LogP contribution in [-0.2, 0) is 30.3 Å². The second kappa shape index (κ2) is 11.6. The number of nitrogens with zero attached hydrogens (tertiary/aromatic N) is 2. The molecule has 8 nitrogen and oxygen atoms in total. The zero-order valence-corrected chi connectivity index (χ0v) is 23.9. The van der Waals surface area contributed by atoms with Gasteiger partial charge in [-0.1, -0.05) is 62.6 Å². The third kappa shape index (κ3) is 4.57. The Morgan fingerprint density at radius 2 is 1.93 bits per heavy atom. The highest BCUT2D eigenvalue weighted by Gasteiger charge is 2.79. The second-order valence-corrected chi connectivity index (χ2v) is 11.9. The van der Waals surface area contributed by atoms with Crippen molar-refractivity contribution in [3.63, 3.8) is 0 Å². The number of aliphatic hydroxyl groups is 1. The van der Waals surface area contributed by atoms with Crippen LogP contribution < -0.4 is 0 Å². The summed E-state index contributed by atoms with van der Waals surface area (Å²) in [7, 11) is 0. The molecule has 1 aliphatic carbocycles. The highest BCUT2D eigenvalue weighted by atomic mass is 16.6. The maximum Gasteiger partial charge on any atom is 0.312 e. The molecule has 0 radical (unpaired) electrons. The maximum absolute atomic E-state index is 14.8. The molecular formula is C32H44N2O6. The zero-order chi connectivity index (χ0) is 28.5. The van der Waals surface area contributed by atoms with Crippen LogP contribution >= 0.6 is 0 Å². The molecule has 3 heterocycles. The average molecular weight is 553 g/mol. The van der Waals surface area contributed by atoms with Crippen LogP contribution in [0.1, 0.15) is 70.8 Å². The smallest absolute Gasteiger partial charge is 0.312 e. The van der Waals surface area contributed by atoms with Crippen LogP contribution in [0.2, 0.25) is 0 Å².